The molecule has 5 nitrogen and oxygen atoms in total. The lowest BCUT2D eigenvalue weighted by atomic mass is 9.42. The number of nitrogens with one attached hydrogen (secondary N) is 1. The summed E-state index contributed by atoms with van der Waals surface area (Å²) in [6, 6.07) is 15.2. The fraction of sp³-hybridized carbons (Fsp3) is 0.458. The van der Waals surface area contributed by atoms with Gasteiger partial charge in [0.15, 0.2) is 0 Å². The summed E-state index contributed by atoms with van der Waals surface area (Å²) in [5, 5.41) is 14.1. The summed E-state index contributed by atoms with van der Waals surface area (Å²) in [6.45, 7) is 2.11. The Bertz CT molecular complexity index is 968. The molecule has 0 aliphatic heterocycles. The second kappa shape index (κ2) is 6.41. The van der Waals surface area contributed by atoms with Gasteiger partial charge >= 0.3 is 0 Å². The van der Waals surface area contributed by atoms with E-state index in [0.717, 1.165) is 19.3 Å². The van der Waals surface area contributed by atoms with E-state index in [9.17, 15) is 14.9 Å². The van der Waals surface area contributed by atoms with Crippen molar-refractivity contribution < 1.29 is 9.72 Å². The average molecular weight is 390 g/mol. The monoisotopic (exact) mass is 390 g/mol. The minimum atomic E-state index is -0.424. The van der Waals surface area contributed by atoms with Crippen LogP contribution in [-0.2, 0) is 10.2 Å². The number of nitro groups is 1. The van der Waals surface area contributed by atoms with Crippen molar-refractivity contribution in [2.24, 2.45) is 17.3 Å². The van der Waals surface area contributed by atoms with Crippen molar-refractivity contribution in [3.63, 3.8) is 0 Å². The molecule has 4 saturated carbocycles. The molecule has 4 atom stereocenters. The van der Waals surface area contributed by atoms with Gasteiger partial charge in [0.2, 0.25) is 5.91 Å². The van der Waals surface area contributed by atoms with Crippen LogP contribution in [-0.4, -0.2) is 10.8 Å². The van der Waals surface area contributed by atoms with E-state index >= 15 is 0 Å². The predicted molar refractivity (Wildman–Crippen MR) is 112 cm³/mol. The Hall–Kier alpha value is -2.69. The molecule has 0 saturated heterocycles. The van der Waals surface area contributed by atoms with Crippen LogP contribution in [0.25, 0.3) is 0 Å². The third-order valence-electron chi connectivity index (χ3n) is 7.52. The largest absolute Gasteiger partial charge is 0.325 e. The SMILES string of the molecule is Cc1ccc(C23C[C@@H]4C[C@@H](CC(C(=O)Nc5cccc([N+](=O)[O-])c5)(C4)C2)C3)cc1. The summed E-state index contributed by atoms with van der Waals surface area (Å²) >= 11 is 0. The zero-order valence-corrected chi connectivity index (χ0v) is 16.7. The Balaban J connectivity index is 1.45. The number of nitrogens with zero attached hydrogens (tertiary/aromatic N) is 1. The van der Waals surface area contributed by atoms with Crippen LogP contribution in [0.1, 0.15) is 49.7 Å². The van der Waals surface area contributed by atoms with Gasteiger partial charge in [-0.15, -0.1) is 0 Å². The molecule has 0 aromatic heterocycles. The molecular weight excluding hydrogens is 364 g/mol. The Morgan fingerprint density at radius 3 is 2.41 bits per heavy atom. The summed E-state index contributed by atoms with van der Waals surface area (Å²) in [5.74, 6) is 1.23. The molecule has 1 N–H and O–H groups in total. The lowest BCUT2D eigenvalue weighted by Gasteiger charge is -2.61. The van der Waals surface area contributed by atoms with Gasteiger partial charge in [0.25, 0.3) is 5.69 Å². The molecule has 2 unspecified atom stereocenters. The van der Waals surface area contributed by atoms with Crippen LogP contribution in [0.3, 0.4) is 0 Å². The highest BCUT2D eigenvalue weighted by Crippen LogP contribution is 2.66. The normalized spacial score (nSPS) is 32.2. The number of aryl methyl sites for hydroxylation is 1. The van der Waals surface area contributed by atoms with Gasteiger partial charge in [-0.3, -0.25) is 14.9 Å². The maximum atomic E-state index is 13.5. The van der Waals surface area contributed by atoms with Crippen LogP contribution in [0, 0.1) is 34.3 Å². The fourth-order valence-corrected chi connectivity index (χ4v) is 6.73. The number of hydrogen-bond donors (Lipinski definition) is 1. The number of non-ortho nitro benzene ring substituents is 1. The van der Waals surface area contributed by atoms with Crippen molar-refractivity contribution in [2.75, 3.05) is 5.32 Å². The van der Waals surface area contributed by atoms with Crippen molar-refractivity contribution >= 4 is 17.3 Å². The average Bonchev–Trinajstić information content (AvgIpc) is 2.67. The highest BCUT2D eigenvalue weighted by atomic mass is 16.6. The first kappa shape index (κ1) is 18.3. The van der Waals surface area contributed by atoms with E-state index in [1.54, 1.807) is 12.1 Å². The molecule has 0 heterocycles. The van der Waals surface area contributed by atoms with E-state index in [0.29, 0.717) is 17.5 Å². The molecule has 1 amide bonds. The van der Waals surface area contributed by atoms with Crippen LogP contribution >= 0.6 is 0 Å². The molecule has 4 fully saturated rings. The molecule has 2 aromatic rings. The Kier molecular flexibility index (Phi) is 4.05. The third kappa shape index (κ3) is 3.04. The predicted octanol–water partition coefficient (Wildman–Crippen LogP) is 5.38. The second-order valence-electron chi connectivity index (χ2n) is 9.65. The molecule has 4 bridgehead atoms. The van der Waals surface area contributed by atoms with Crippen LogP contribution < -0.4 is 5.32 Å². The Labute approximate surface area is 170 Å². The van der Waals surface area contributed by atoms with Crippen LogP contribution in [0.15, 0.2) is 48.5 Å². The maximum Gasteiger partial charge on any atom is 0.271 e. The van der Waals surface area contributed by atoms with Crippen molar-refractivity contribution in [2.45, 2.75) is 50.9 Å². The zero-order chi connectivity index (χ0) is 20.2. The molecule has 29 heavy (non-hydrogen) atoms. The molecule has 0 spiro atoms. The van der Waals surface area contributed by atoms with Crippen LogP contribution in [0.5, 0.6) is 0 Å². The van der Waals surface area contributed by atoms with E-state index in [-0.39, 0.29) is 22.4 Å². The third-order valence-corrected chi connectivity index (χ3v) is 7.52. The summed E-state index contributed by atoms with van der Waals surface area (Å²) in [7, 11) is 0. The smallest absolute Gasteiger partial charge is 0.271 e. The summed E-state index contributed by atoms with van der Waals surface area (Å²) in [5.41, 5.74) is 2.90. The van der Waals surface area contributed by atoms with E-state index in [1.165, 1.54) is 42.5 Å². The number of carbonyl (C=O) groups is 1. The zero-order valence-electron chi connectivity index (χ0n) is 16.7. The highest BCUT2D eigenvalue weighted by molar-refractivity contribution is 5.96. The Morgan fingerprint density at radius 1 is 1.07 bits per heavy atom. The number of rotatable bonds is 4. The highest BCUT2D eigenvalue weighted by Gasteiger charge is 2.60. The number of hydrogen-bond acceptors (Lipinski definition) is 3. The second-order valence-corrected chi connectivity index (χ2v) is 9.65. The number of carbonyl (C=O) groups excluding carboxylic acids is 1. The van der Waals surface area contributed by atoms with Gasteiger partial charge in [0.1, 0.15) is 0 Å². The molecule has 0 radical (unpaired) electrons. The summed E-state index contributed by atoms with van der Waals surface area (Å²) in [6.07, 6.45) is 6.36. The van der Waals surface area contributed by atoms with Gasteiger partial charge in [0.05, 0.1) is 10.3 Å². The summed E-state index contributed by atoms with van der Waals surface area (Å²) < 4.78 is 0. The summed E-state index contributed by atoms with van der Waals surface area (Å²) in [4.78, 5) is 24.1. The minimum Gasteiger partial charge on any atom is -0.325 e. The quantitative estimate of drug-likeness (QED) is 0.563. The van der Waals surface area contributed by atoms with Crippen molar-refractivity contribution in [3.8, 4) is 0 Å². The topological polar surface area (TPSA) is 72.2 Å². The molecule has 4 aliphatic rings. The number of nitro benzene ring substituents is 1. The molecule has 5 heteroatoms. The number of amides is 1. The number of benzene rings is 2. The molecule has 4 aliphatic carbocycles. The fourth-order valence-electron chi connectivity index (χ4n) is 6.73. The van der Waals surface area contributed by atoms with Gasteiger partial charge < -0.3 is 5.32 Å². The number of anilines is 1. The van der Waals surface area contributed by atoms with E-state index in [1.807, 2.05) is 0 Å². The maximum absolute atomic E-state index is 13.5. The Morgan fingerprint density at radius 2 is 1.76 bits per heavy atom. The first-order valence-corrected chi connectivity index (χ1v) is 10.5. The molecule has 150 valence electrons. The van der Waals surface area contributed by atoms with E-state index in [4.69, 9.17) is 0 Å². The lowest BCUT2D eigenvalue weighted by Crippen LogP contribution is -2.57. The minimum absolute atomic E-state index is 0.00411. The van der Waals surface area contributed by atoms with Gasteiger partial charge in [-0.25, -0.2) is 0 Å². The van der Waals surface area contributed by atoms with E-state index < -0.39 is 4.92 Å². The van der Waals surface area contributed by atoms with Gasteiger partial charge in [0, 0.05) is 17.8 Å². The van der Waals surface area contributed by atoms with Crippen LogP contribution in [0.2, 0.25) is 0 Å². The van der Waals surface area contributed by atoms with Crippen molar-refractivity contribution in [1.29, 1.82) is 0 Å². The first-order valence-electron chi connectivity index (χ1n) is 10.5. The first-order chi connectivity index (χ1) is 13.9. The van der Waals surface area contributed by atoms with Crippen molar-refractivity contribution in [1.82, 2.24) is 0 Å². The lowest BCUT2D eigenvalue weighted by molar-refractivity contribution is -0.384. The molecule has 6 rings (SSSR count). The van der Waals surface area contributed by atoms with Gasteiger partial charge in [-0.2, -0.15) is 0 Å². The molecule has 2 aromatic carbocycles. The van der Waals surface area contributed by atoms with Gasteiger partial charge in [-0.05, 0) is 74.3 Å². The van der Waals surface area contributed by atoms with Gasteiger partial charge in [-0.1, -0.05) is 35.9 Å². The van der Waals surface area contributed by atoms with E-state index in [2.05, 4.69) is 36.5 Å². The molecular formula is C24H26N2O3. The van der Waals surface area contributed by atoms with Crippen molar-refractivity contribution in [3.05, 3.63) is 69.8 Å². The van der Waals surface area contributed by atoms with Crippen LogP contribution in [0.4, 0.5) is 11.4 Å². The standard InChI is InChI=1S/C24H26N2O3/c1-16-5-7-19(8-6-16)23-11-17-9-18(12-23)14-24(13-17,15-23)22(27)25-20-3-2-4-21(10-20)26(28)29/h2-8,10,17-18H,9,11-15H2,1H3,(H,25,27)/t17-,18+,23?,24?.